The molecule has 0 aliphatic heterocycles. The van der Waals surface area contributed by atoms with E-state index in [2.05, 4.69) is 5.32 Å². The summed E-state index contributed by atoms with van der Waals surface area (Å²) in [5.74, 6) is 0.713. The van der Waals surface area contributed by atoms with Crippen molar-refractivity contribution in [1.82, 2.24) is 0 Å². The minimum atomic E-state index is -0.154. The van der Waals surface area contributed by atoms with Gasteiger partial charge in [-0.05, 0) is 55.2 Å². The van der Waals surface area contributed by atoms with Crippen LogP contribution in [0.3, 0.4) is 0 Å². The summed E-state index contributed by atoms with van der Waals surface area (Å²) >= 11 is 0. The number of para-hydroxylation sites is 2. The molecule has 0 bridgehead atoms. The molecule has 104 valence electrons. The number of hydrogen-bond donors (Lipinski definition) is 1. The quantitative estimate of drug-likeness (QED) is 0.894. The number of benzene rings is 2. The molecular formula is C17H18FNO. The van der Waals surface area contributed by atoms with Gasteiger partial charge in [0.2, 0.25) is 0 Å². The molecule has 2 nitrogen and oxygen atoms in total. The SMILES string of the molecule is CCOc1ccccc1NC1CCc2cc(F)ccc21. The average Bonchev–Trinajstić information content (AvgIpc) is 2.83. The molecule has 0 saturated heterocycles. The van der Waals surface area contributed by atoms with Crippen LogP contribution in [0.5, 0.6) is 5.75 Å². The number of anilines is 1. The van der Waals surface area contributed by atoms with Crippen LogP contribution >= 0.6 is 0 Å². The normalized spacial score (nSPS) is 16.8. The van der Waals surface area contributed by atoms with E-state index in [1.54, 1.807) is 6.07 Å². The first-order chi connectivity index (χ1) is 9.78. The summed E-state index contributed by atoms with van der Waals surface area (Å²) in [4.78, 5) is 0. The summed E-state index contributed by atoms with van der Waals surface area (Å²) in [5, 5.41) is 3.52. The van der Waals surface area contributed by atoms with Crippen LogP contribution in [0.2, 0.25) is 0 Å². The van der Waals surface area contributed by atoms with Crippen molar-refractivity contribution in [2.45, 2.75) is 25.8 Å². The molecule has 0 aromatic heterocycles. The Morgan fingerprint density at radius 1 is 1.25 bits per heavy atom. The van der Waals surface area contributed by atoms with Crippen molar-refractivity contribution in [3.8, 4) is 5.75 Å². The van der Waals surface area contributed by atoms with Gasteiger partial charge in [0.1, 0.15) is 11.6 Å². The molecule has 2 aromatic carbocycles. The van der Waals surface area contributed by atoms with Gasteiger partial charge >= 0.3 is 0 Å². The average molecular weight is 271 g/mol. The number of ether oxygens (including phenoxy) is 1. The number of nitrogens with one attached hydrogen (secondary N) is 1. The van der Waals surface area contributed by atoms with E-state index in [4.69, 9.17) is 4.74 Å². The highest BCUT2D eigenvalue weighted by atomic mass is 19.1. The molecular weight excluding hydrogens is 253 g/mol. The Labute approximate surface area is 118 Å². The van der Waals surface area contributed by atoms with Gasteiger partial charge in [0.05, 0.1) is 18.3 Å². The van der Waals surface area contributed by atoms with Crippen molar-refractivity contribution in [3.05, 3.63) is 59.4 Å². The summed E-state index contributed by atoms with van der Waals surface area (Å²) in [5.41, 5.74) is 3.30. The molecule has 2 aromatic rings. The summed E-state index contributed by atoms with van der Waals surface area (Å²) in [7, 11) is 0. The highest BCUT2D eigenvalue weighted by Gasteiger charge is 2.23. The molecule has 0 spiro atoms. The molecule has 0 saturated carbocycles. The summed E-state index contributed by atoms with van der Waals surface area (Å²) in [6, 6.07) is 13.2. The van der Waals surface area contributed by atoms with Crippen LogP contribution in [0.25, 0.3) is 0 Å². The van der Waals surface area contributed by atoms with E-state index in [9.17, 15) is 4.39 Å². The van der Waals surface area contributed by atoms with Crippen LogP contribution in [-0.4, -0.2) is 6.61 Å². The molecule has 0 radical (unpaired) electrons. The smallest absolute Gasteiger partial charge is 0.142 e. The van der Waals surface area contributed by atoms with Crippen molar-refractivity contribution in [3.63, 3.8) is 0 Å². The van der Waals surface area contributed by atoms with Gasteiger partial charge in [0.15, 0.2) is 0 Å². The van der Waals surface area contributed by atoms with Gasteiger partial charge in [-0.3, -0.25) is 0 Å². The molecule has 1 aliphatic rings. The van der Waals surface area contributed by atoms with Gasteiger partial charge in [-0.15, -0.1) is 0 Å². The molecule has 1 atom stereocenters. The van der Waals surface area contributed by atoms with Gasteiger partial charge in [-0.1, -0.05) is 18.2 Å². The Bertz CT molecular complexity index is 612. The van der Waals surface area contributed by atoms with Gasteiger partial charge in [-0.2, -0.15) is 0 Å². The molecule has 1 unspecified atom stereocenters. The predicted molar refractivity (Wildman–Crippen MR) is 78.7 cm³/mol. The van der Waals surface area contributed by atoms with Crippen LogP contribution in [0.1, 0.15) is 30.5 Å². The fourth-order valence-electron chi connectivity index (χ4n) is 2.79. The largest absolute Gasteiger partial charge is 0.492 e. The lowest BCUT2D eigenvalue weighted by Crippen LogP contribution is -2.08. The topological polar surface area (TPSA) is 21.3 Å². The predicted octanol–water partition coefficient (Wildman–Crippen LogP) is 4.32. The molecule has 0 amide bonds. The molecule has 20 heavy (non-hydrogen) atoms. The molecule has 0 heterocycles. The first-order valence-electron chi connectivity index (χ1n) is 7.04. The minimum Gasteiger partial charge on any atom is -0.492 e. The Balaban J connectivity index is 1.84. The Hall–Kier alpha value is -2.03. The van der Waals surface area contributed by atoms with E-state index in [-0.39, 0.29) is 11.9 Å². The third-order valence-corrected chi connectivity index (χ3v) is 3.70. The fraction of sp³-hybridized carbons (Fsp3) is 0.294. The maximum atomic E-state index is 13.2. The lowest BCUT2D eigenvalue weighted by molar-refractivity contribution is 0.341. The van der Waals surface area contributed by atoms with E-state index in [1.165, 1.54) is 11.6 Å². The fourth-order valence-corrected chi connectivity index (χ4v) is 2.79. The maximum Gasteiger partial charge on any atom is 0.142 e. The van der Waals surface area contributed by atoms with E-state index < -0.39 is 0 Å². The van der Waals surface area contributed by atoms with Crippen LogP contribution in [-0.2, 0) is 6.42 Å². The molecule has 0 fully saturated rings. The monoisotopic (exact) mass is 271 g/mol. The van der Waals surface area contributed by atoms with E-state index in [0.717, 1.165) is 29.8 Å². The Morgan fingerprint density at radius 2 is 2.10 bits per heavy atom. The third-order valence-electron chi connectivity index (χ3n) is 3.70. The van der Waals surface area contributed by atoms with Crippen LogP contribution in [0, 0.1) is 5.82 Å². The first kappa shape index (κ1) is 13.0. The van der Waals surface area contributed by atoms with Crippen molar-refractivity contribution in [2.24, 2.45) is 0 Å². The lowest BCUT2D eigenvalue weighted by atomic mass is 10.1. The van der Waals surface area contributed by atoms with Gasteiger partial charge < -0.3 is 10.1 Å². The van der Waals surface area contributed by atoms with E-state index in [1.807, 2.05) is 37.3 Å². The van der Waals surface area contributed by atoms with Crippen LogP contribution in [0.15, 0.2) is 42.5 Å². The highest BCUT2D eigenvalue weighted by molar-refractivity contribution is 5.58. The zero-order valence-corrected chi connectivity index (χ0v) is 11.5. The standard InChI is InChI=1S/C17H18FNO/c1-2-20-17-6-4-3-5-16(17)19-15-10-7-12-11-13(18)8-9-14(12)15/h3-6,8-9,11,15,19H,2,7,10H2,1H3. The van der Waals surface area contributed by atoms with Crippen LogP contribution in [0.4, 0.5) is 10.1 Å². The van der Waals surface area contributed by atoms with Crippen molar-refractivity contribution < 1.29 is 9.13 Å². The number of hydrogen-bond acceptors (Lipinski definition) is 2. The number of aryl methyl sites for hydroxylation is 1. The summed E-state index contributed by atoms with van der Waals surface area (Å²) in [6.07, 6.45) is 1.90. The second kappa shape index (κ2) is 5.53. The van der Waals surface area contributed by atoms with Gasteiger partial charge in [0, 0.05) is 0 Å². The number of fused-ring (bicyclic) bond motifs is 1. The molecule has 3 rings (SSSR count). The van der Waals surface area contributed by atoms with Crippen LogP contribution < -0.4 is 10.1 Å². The minimum absolute atomic E-state index is 0.154. The Morgan fingerprint density at radius 3 is 2.95 bits per heavy atom. The molecule has 1 aliphatic carbocycles. The Kier molecular flexibility index (Phi) is 3.59. The zero-order chi connectivity index (χ0) is 13.9. The second-order valence-electron chi connectivity index (χ2n) is 5.01. The maximum absolute atomic E-state index is 13.2. The molecule has 1 N–H and O–H groups in total. The van der Waals surface area contributed by atoms with E-state index in [0.29, 0.717) is 6.61 Å². The third kappa shape index (κ3) is 2.48. The first-order valence-corrected chi connectivity index (χ1v) is 7.04. The second-order valence-corrected chi connectivity index (χ2v) is 5.01. The van der Waals surface area contributed by atoms with Crippen molar-refractivity contribution in [2.75, 3.05) is 11.9 Å². The number of rotatable bonds is 4. The zero-order valence-electron chi connectivity index (χ0n) is 11.5. The van der Waals surface area contributed by atoms with Crippen molar-refractivity contribution >= 4 is 5.69 Å². The van der Waals surface area contributed by atoms with Gasteiger partial charge in [-0.25, -0.2) is 4.39 Å². The summed E-state index contributed by atoms with van der Waals surface area (Å²) in [6.45, 7) is 2.62. The number of halogens is 1. The lowest BCUT2D eigenvalue weighted by Gasteiger charge is -2.18. The summed E-state index contributed by atoms with van der Waals surface area (Å²) < 4.78 is 18.9. The molecule has 3 heteroatoms. The highest BCUT2D eigenvalue weighted by Crippen LogP contribution is 2.36. The van der Waals surface area contributed by atoms with E-state index >= 15 is 0 Å². The van der Waals surface area contributed by atoms with Gasteiger partial charge in [0.25, 0.3) is 0 Å². The van der Waals surface area contributed by atoms with Crippen molar-refractivity contribution in [1.29, 1.82) is 0 Å².